The first-order chi connectivity index (χ1) is 17.2. The second-order valence-corrected chi connectivity index (χ2v) is 13.6. The van der Waals surface area contributed by atoms with Crippen molar-refractivity contribution in [3.8, 4) is 0 Å². The van der Waals surface area contributed by atoms with Gasteiger partial charge in [-0.1, -0.05) is 28.9 Å². The summed E-state index contributed by atoms with van der Waals surface area (Å²) in [6.07, 6.45) is -2.73. The first-order valence-electron chi connectivity index (χ1n) is 10.8. The van der Waals surface area contributed by atoms with Crippen LogP contribution in [-0.4, -0.2) is 81.6 Å². The Hall–Kier alpha value is -1.70. The Morgan fingerprint density at radius 2 is 1.89 bits per heavy atom. The largest absolute Gasteiger partial charge is 0.390 e. The topological polar surface area (TPSA) is 204 Å². The van der Waals surface area contributed by atoms with Crippen LogP contribution in [0, 0.1) is 5.92 Å². The number of hydrogen-bond donors (Lipinski definition) is 5. The molecule has 0 bridgehead atoms. The molecule has 1 aliphatic rings. The molecule has 3 aromatic rings. The Kier molecular flexibility index (Phi) is 8.28. The van der Waals surface area contributed by atoms with Crippen LogP contribution >= 0.6 is 38.4 Å². The summed E-state index contributed by atoms with van der Waals surface area (Å²) in [7, 11) is -7.67. The molecule has 0 saturated heterocycles. The third-order valence-electron chi connectivity index (χ3n) is 5.89. The van der Waals surface area contributed by atoms with Crippen molar-refractivity contribution in [1.82, 2.24) is 25.0 Å². The first kappa shape index (κ1) is 28.3. The van der Waals surface area contributed by atoms with Gasteiger partial charge in [0, 0.05) is 24.5 Å². The van der Waals surface area contributed by atoms with E-state index in [1.54, 1.807) is 24.1 Å². The molecule has 1 unspecified atom stereocenters. The van der Waals surface area contributed by atoms with Gasteiger partial charge < -0.3 is 34.3 Å². The molecular weight excluding hydrogens is 573 g/mol. The molecule has 5 N–H and O–H groups in total. The molecule has 0 spiro atoms. The van der Waals surface area contributed by atoms with Gasteiger partial charge in [-0.25, -0.2) is 4.68 Å². The summed E-state index contributed by atoms with van der Waals surface area (Å²) in [5.41, 5.74) is 1.39. The summed E-state index contributed by atoms with van der Waals surface area (Å²) >= 11 is 12.3. The molecule has 2 aromatic heterocycles. The van der Waals surface area contributed by atoms with Crippen molar-refractivity contribution < 1.29 is 38.5 Å². The van der Waals surface area contributed by atoms with Crippen LogP contribution in [0.1, 0.15) is 18.0 Å². The van der Waals surface area contributed by atoms with Crippen LogP contribution in [0.2, 0.25) is 10.3 Å². The molecule has 202 valence electrons. The lowest BCUT2D eigenvalue weighted by Crippen LogP contribution is -2.31. The summed E-state index contributed by atoms with van der Waals surface area (Å²) in [5, 5.41) is 29.9. The monoisotopic (exact) mass is 596 g/mol. The number of aromatic nitrogens is 5. The average Bonchev–Trinajstić information content (AvgIpc) is 3.31. The number of benzene rings is 1. The van der Waals surface area contributed by atoms with Crippen molar-refractivity contribution in [3.05, 3.63) is 40.1 Å². The lowest BCUT2D eigenvalue weighted by atomic mass is 10.1. The molecule has 1 saturated carbocycles. The van der Waals surface area contributed by atoms with E-state index in [9.17, 15) is 24.2 Å². The van der Waals surface area contributed by atoms with Gasteiger partial charge in [-0.15, -0.1) is 5.10 Å². The fourth-order valence-electron chi connectivity index (χ4n) is 4.26. The van der Waals surface area contributed by atoms with Crippen molar-refractivity contribution in [2.75, 3.05) is 24.5 Å². The van der Waals surface area contributed by atoms with E-state index >= 15 is 0 Å². The predicted molar refractivity (Wildman–Crippen MR) is 134 cm³/mol. The lowest BCUT2D eigenvalue weighted by Gasteiger charge is -2.19. The highest BCUT2D eigenvalue weighted by Crippen LogP contribution is 2.56. The Bertz CT molecular complexity index is 1390. The van der Waals surface area contributed by atoms with Gasteiger partial charge in [0.15, 0.2) is 22.9 Å². The normalized spacial score (nSPS) is 23.9. The van der Waals surface area contributed by atoms with Crippen molar-refractivity contribution >= 4 is 55.4 Å². The van der Waals surface area contributed by atoms with Gasteiger partial charge in [0.25, 0.3) is 0 Å². The zero-order valence-corrected chi connectivity index (χ0v) is 22.5. The van der Waals surface area contributed by atoms with Crippen molar-refractivity contribution in [2.24, 2.45) is 5.92 Å². The minimum absolute atomic E-state index is 0.0337. The Labute approximate surface area is 220 Å². The van der Waals surface area contributed by atoms with Gasteiger partial charge >= 0.3 is 15.2 Å². The molecule has 1 aromatic carbocycles. The van der Waals surface area contributed by atoms with E-state index in [0.717, 1.165) is 5.56 Å². The SMILES string of the molecule is CN(Cc1cccc(Cl)c1)c1nc(Cl)nc2c1nnn2[C@@H]1C[C@H](COP(=O)(O)CP(=O)(O)O)[C@@H](O)[C@H]1O. The predicted octanol–water partition coefficient (Wildman–Crippen LogP) is 1.78. The van der Waals surface area contributed by atoms with Crippen LogP contribution in [0.5, 0.6) is 0 Å². The second kappa shape index (κ2) is 10.8. The van der Waals surface area contributed by atoms with Gasteiger partial charge in [0.05, 0.1) is 18.8 Å². The minimum atomic E-state index is -4.81. The molecule has 2 heterocycles. The fraction of sp³-hybridized carbons (Fsp3) is 0.474. The number of halogens is 2. The van der Waals surface area contributed by atoms with Crippen molar-refractivity contribution in [3.63, 3.8) is 0 Å². The minimum Gasteiger partial charge on any atom is -0.390 e. The summed E-state index contributed by atoms with van der Waals surface area (Å²) in [5.74, 6) is -1.84. The molecule has 5 atom stereocenters. The quantitative estimate of drug-likeness (QED) is 0.177. The van der Waals surface area contributed by atoms with E-state index in [1.165, 1.54) is 4.68 Å². The van der Waals surface area contributed by atoms with Gasteiger partial charge in [0.1, 0.15) is 6.10 Å². The highest BCUT2D eigenvalue weighted by Gasteiger charge is 2.45. The smallest absolute Gasteiger partial charge is 0.340 e. The van der Waals surface area contributed by atoms with Crippen LogP contribution in [0.4, 0.5) is 5.82 Å². The van der Waals surface area contributed by atoms with Crippen molar-refractivity contribution in [2.45, 2.75) is 31.2 Å². The van der Waals surface area contributed by atoms with Crippen LogP contribution in [-0.2, 0) is 20.2 Å². The lowest BCUT2D eigenvalue weighted by molar-refractivity contribution is -0.00362. The Balaban J connectivity index is 1.56. The zero-order chi connectivity index (χ0) is 27.1. The maximum Gasteiger partial charge on any atom is 0.340 e. The molecular formula is C19H24Cl2N6O8P2. The number of hydrogen-bond acceptors (Lipinski definition) is 10. The van der Waals surface area contributed by atoms with Crippen LogP contribution in [0.25, 0.3) is 11.2 Å². The fourth-order valence-corrected chi connectivity index (χ4v) is 7.24. The summed E-state index contributed by atoms with van der Waals surface area (Å²) < 4.78 is 29.2. The van der Waals surface area contributed by atoms with Crippen LogP contribution in [0.3, 0.4) is 0 Å². The first-order valence-corrected chi connectivity index (χ1v) is 15.2. The summed E-state index contributed by atoms with van der Waals surface area (Å²) in [6.45, 7) is -0.117. The summed E-state index contributed by atoms with van der Waals surface area (Å²) in [6, 6.07) is 6.42. The standard InChI is InChI=1S/C19H24Cl2N6O8P2/c1-26(7-10-3-2-4-12(20)5-10)17-14-18(23-19(21)22-17)27(25-24-14)13-6-11(15(28)16(13)29)8-35-37(33,34)9-36(30,31)32/h2-5,11,13,15-16,28-29H,6-9H2,1H3,(H,33,34)(H2,30,31,32)/t11-,13-,15-,16+/m1/s1. The molecule has 18 heteroatoms. The van der Waals surface area contributed by atoms with E-state index in [0.29, 0.717) is 17.4 Å². The molecule has 0 amide bonds. The van der Waals surface area contributed by atoms with Gasteiger partial charge in [-0.3, -0.25) is 9.13 Å². The van der Waals surface area contributed by atoms with E-state index in [-0.39, 0.29) is 22.9 Å². The Morgan fingerprint density at radius 3 is 2.57 bits per heavy atom. The highest BCUT2D eigenvalue weighted by atomic mass is 35.5. The molecule has 0 aliphatic heterocycles. The van der Waals surface area contributed by atoms with Crippen molar-refractivity contribution in [1.29, 1.82) is 0 Å². The number of aliphatic hydroxyl groups excluding tert-OH is 2. The molecule has 1 fully saturated rings. The molecule has 4 rings (SSSR count). The van der Waals surface area contributed by atoms with E-state index in [2.05, 4.69) is 20.3 Å². The summed E-state index contributed by atoms with van der Waals surface area (Å²) in [4.78, 5) is 37.9. The highest BCUT2D eigenvalue weighted by molar-refractivity contribution is 7.70. The molecule has 0 radical (unpaired) electrons. The maximum absolute atomic E-state index is 12.0. The number of nitrogens with zero attached hydrogens (tertiary/aromatic N) is 6. The number of anilines is 1. The van der Waals surface area contributed by atoms with Gasteiger partial charge in [0.2, 0.25) is 5.28 Å². The number of rotatable bonds is 9. The zero-order valence-electron chi connectivity index (χ0n) is 19.2. The third-order valence-corrected chi connectivity index (χ3v) is 9.75. The second-order valence-electron chi connectivity index (χ2n) is 8.79. The van der Waals surface area contributed by atoms with E-state index in [4.69, 9.17) is 37.5 Å². The van der Waals surface area contributed by atoms with Gasteiger partial charge in [-0.05, 0) is 35.7 Å². The van der Waals surface area contributed by atoms with Gasteiger partial charge in [-0.2, -0.15) is 9.97 Å². The third kappa shape index (κ3) is 6.66. The molecule has 37 heavy (non-hydrogen) atoms. The maximum atomic E-state index is 12.0. The van der Waals surface area contributed by atoms with Crippen LogP contribution in [0.15, 0.2) is 24.3 Å². The van der Waals surface area contributed by atoms with E-state index in [1.807, 2.05) is 12.1 Å². The molecule has 14 nitrogen and oxygen atoms in total. The van der Waals surface area contributed by atoms with Crippen LogP contribution < -0.4 is 4.90 Å². The number of fused-ring (bicyclic) bond motifs is 1. The Morgan fingerprint density at radius 1 is 1.16 bits per heavy atom. The molecule has 1 aliphatic carbocycles. The van der Waals surface area contributed by atoms with E-state index < -0.39 is 51.9 Å². The average molecular weight is 597 g/mol. The number of aliphatic hydroxyl groups is 2.